The van der Waals surface area contributed by atoms with E-state index in [0.29, 0.717) is 13.0 Å². The zero-order chi connectivity index (χ0) is 9.40. The normalized spacial score (nSPS) is 12.6. The highest BCUT2D eigenvalue weighted by atomic mass is 16.5. The minimum atomic E-state index is -0.197. The number of esters is 1. The lowest BCUT2D eigenvalue weighted by Crippen LogP contribution is -2.16. The lowest BCUT2D eigenvalue weighted by molar-refractivity contribution is -0.148. The van der Waals surface area contributed by atoms with E-state index < -0.39 is 0 Å². The molecule has 0 aliphatic heterocycles. The van der Waals surface area contributed by atoms with Gasteiger partial charge in [0.25, 0.3) is 0 Å². The van der Waals surface area contributed by atoms with Crippen LogP contribution in [0.1, 0.15) is 33.1 Å². The maximum atomic E-state index is 11.1. The molecule has 72 valence electrons. The Hall–Kier alpha value is -0.570. The highest BCUT2D eigenvalue weighted by molar-refractivity contribution is 5.71. The van der Waals surface area contributed by atoms with Crippen molar-refractivity contribution in [1.82, 2.24) is 0 Å². The lowest BCUT2D eigenvalue weighted by Gasteiger charge is -2.08. The maximum Gasteiger partial charge on any atom is 0.308 e. The van der Waals surface area contributed by atoms with E-state index in [0.717, 1.165) is 12.8 Å². The van der Waals surface area contributed by atoms with Crippen LogP contribution in [-0.4, -0.2) is 24.3 Å². The van der Waals surface area contributed by atoms with Crippen molar-refractivity contribution in [2.75, 3.05) is 13.2 Å². The van der Waals surface area contributed by atoms with Crippen LogP contribution in [0.15, 0.2) is 0 Å². The van der Waals surface area contributed by atoms with Gasteiger partial charge >= 0.3 is 5.97 Å². The van der Waals surface area contributed by atoms with Crippen LogP contribution in [-0.2, 0) is 9.53 Å². The Bertz CT molecular complexity index is 123. The second-order valence-electron chi connectivity index (χ2n) is 2.93. The Morgan fingerprint density at radius 3 is 2.75 bits per heavy atom. The van der Waals surface area contributed by atoms with Crippen molar-refractivity contribution < 1.29 is 14.6 Å². The molecule has 1 unspecified atom stereocenters. The molecular weight excluding hydrogens is 156 g/mol. The van der Waals surface area contributed by atoms with Gasteiger partial charge in [0.1, 0.15) is 0 Å². The summed E-state index contributed by atoms with van der Waals surface area (Å²) in [6.07, 6.45) is 2.43. The van der Waals surface area contributed by atoms with E-state index in [4.69, 9.17) is 9.84 Å². The fourth-order valence-corrected chi connectivity index (χ4v) is 0.771. The lowest BCUT2D eigenvalue weighted by atomic mass is 10.1. The molecule has 0 saturated carbocycles. The SMILES string of the molecule is CCCCOC(=O)C(C)CCO. The molecule has 3 nitrogen and oxygen atoms in total. The summed E-state index contributed by atoms with van der Waals surface area (Å²) in [7, 11) is 0. The number of hydrogen-bond acceptors (Lipinski definition) is 3. The molecule has 0 radical (unpaired) electrons. The number of aliphatic hydroxyl groups is 1. The van der Waals surface area contributed by atoms with Gasteiger partial charge in [-0.1, -0.05) is 20.3 Å². The van der Waals surface area contributed by atoms with Crippen LogP contribution in [0, 0.1) is 5.92 Å². The van der Waals surface area contributed by atoms with Crippen molar-refractivity contribution in [2.24, 2.45) is 5.92 Å². The minimum absolute atomic E-state index is 0.0457. The third-order valence-electron chi connectivity index (χ3n) is 1.71. The van der Waals surface area contributed by atoms with Gasteiger partial charge in [-0.2, -0.15) is 0 Å². The molecule has 1 N–H and O–H groups in total. The Labute approximate surface area is 73.7 Å². The van der Waals surface area contributed by atoms with Gasteiger partial charge in [-0.25, -0.2) is 0 Å². The first-order chi connectivity index (χ1) is 5.72. The van der Waals surface area contributed by atoms with Crippen molar-refractivity contribution in [3.8, 4) is 0 Å². The molecule has 0 aromatic carbocycles. The third-order valence-corrected chi connectivity index (χ3v) is 1.71. The summed E-state index contributed by atoms with van der Waals surface area (Å²) in [5, 5.41) is 8.55. The molecule has 0 aromatic rings. The zero-order valence-electron chi connectivity index (χ0n) is 7.88. The number of carbonyl (C=O) groups excluding carboxylic acids is 1. The quantitative estimate of drug-likeness (QED) is 0.488. The Balaban J connectivity index is 3.43. The van der Waals surface area contributed by atoms with Gasteiger partial charge in [-0.15, -0.1) is 0 Å². The highest BCUT2D eigenvalue weighted by Gasteiger charge is 2.12. The summed E-state index contributed by atoms with van der Waals surface area (Å²) < 4.78 is 4.95. The molecule has 0 heterocycles. The fraction of sp³-hybridized carbons (Fsp3) is 0.889. The predicted molar refractivity (Wildman–Crippen MR) is 46.7 cm³/mol. The van der Waals surface area contributed by atoms with E-state index in [1.807, 2.05) is 6.92 Å². The molecule has 0 aliphatic carbocycles. The van der Waals surface area contributed by atoms with Crippen molar-refractivity contribution in [3.05, 3.63) is 0 Å². The zero-order valence-corrected chi connectivity index (χ0v) is 7.88. The summed E-state index contributed by atoms with van der Waals surface area (Å²) >= 11 is 0. The van der Waals surface area contributed by atoms with Crippen molar-refractivity contribution in [3.63, 3.8) is 0 Å². The van der Waals surface area contributed by atoms with E-state index >= 15 is 0 Å². The summed E-state index contributed by atoms with van der Waals surface area (Å²) in [6, 6.07) is 0. The summed E-state index contributed by atoms with van der Waals surface area (Å²) in [6.45, 7) is 4.37. The molecular formula is C9H18O3. The second-order valence-corrected chi connectivity index (χ2v) is 2.93. The number of hydrogen-bond donors (Lipinski definition) is 1. The molecule has 3 heteroatoms. The summed E-state index contributed by atoms with van der Waals surface area (Å²) in [5.74, 6) is -0.371. The van der Waals surface area contributed by atoms with Crippen molar-refractivity contribution in [2.45, 2.75) is 33.1 Å². The van der Waals surface area contributed by atoms with Gasteiger partial charge in [-0.3, -0.25) is 4.79 Å². The van der Waals surface area contributed by atoms with Crippen LogP contribution in [0.4, 0.5) is 0 Å². The van der Waals surface area contributed by atoms with Gasteiger partial charge in [0.05, 0.1) is 12.5 Å². The van der Waals surface area contributed by atoms with Gasteiger partial charge in [0.15, 0.2) is 0 Å². The van der Waals surface area contributed by atoms with Crippen LogP contribution in [0.25, 0.3) is 0 Å². The number of aliphatic hydroxyl groups excluding tert-OH is 1. The van der Waals surface area contributed by atoms with E-state index in [-0.39, 0.29) is 18.5 Å². The molecule has 0 fully saturated rings. The van der Waals surface area contributed by atoms with E-state index in [2.05, 4.69) is 0 Å². The van der Waals surface area contributed by atoms with Crippen molar-refractivity contribution >= 4 is 5.97 Å². The molecule has 1 atom stereocenters. The molecule has 0 rings (SSSR count). The Morgan fingerprint density at radius 1 is 1.58 bits per heavy atom. The number of carbonyl (C=O) groups is 1. The highest BCUT2D eigenvalue weighted by Crippen LogP contribution is 2.03. The first-order valence-electron chi connectivity index (χ1n) is 4.49. The first kappa shape index (κ1) is 11.4. The monoisotopic (exact) mass is 174 g/mol. The molecule has 0 aliphatic rings. The second kappa shape index (κ2) is 7.10. The topological polar surface area (TPSA) is 46.5 Å². The first-order valence-corrected chi connectivity index (χ1v) is 4.49. The van der Waals surface area contributed by atoms with E-state index in [1.54, 1.807) is 6.92 Å². The smallest absolute Gasteiger partial charge is 0.308 e. The van der Waals surface area contributed by atoms with Crippen LogP contribution < -0.4 is 0 Å². The van der Waals surface area contributed by atoms with E-state index in [9.17, 15) is 4.79 Å². The average molecular weight is 174 g/mol. The maximum absolute atomic E-state index is 11.1. The average Bonchev–Trinajstić information content (AvgIpc) is 2.05. The van der Waals surface area contributed by atoms with Gasteiger partial charge in [-0.05, 0) is 12.8 Å². The molecule has 0 saturated heterocycles. The molecule has 0 aromatic heterocycles. The van der Waals surface area contributed by atoms with E-state index in [1.165, 1.54) is 0 Å². The van der Waals surface area contributed by atoms with Gasteiger partial charge in [0.2, 0.25) is 0 Å². The van der Waals surface area contributed by atoms with Crippen LogP contribution >= 0.6 is 0 Å². The largest absolute Gasteiger partial charge is 0.465 e. The summed E-state index contributed by atoms with van der Waals surface area (Å²) in [4.78, 5) is 11.1. The van der Waals surface area contributed by atoms with Gasteiger partial charge < -0.3 is 9.84 Å². The molecule has 0 amide bonds. The van der Waals surface area contributed by atoms with Crippen LogP contribution in [0.5, 0.6) is 0 Å². The molecule has 0 bridgehead atoms. The molecule has 0 spiro atoms. The Morgan fingerprint density at radius 2 is 2.25 bits per heavy atom. The minimum Gasteiger partial charge on any atom is -0.465 e. The fourth-order valence-electron chi connectivity index (χ4n) is 0.771. The molecule has 12 heavy (non-hydrogen) atoms. The third kappa shape index (κ3) is 5.13. The summed E-state index contributed by atoms with van der Waals surface area (Å²) in [5.41, 5.74) is 0. The number of rotatable bonds is 6. The number of unbranched alkanes of at least 4 members (excludes halogenated alkanes) is 1. The number of ether oxygens (including phenoxy) is 1. The van der Waals surface area contributed by atoms with Crippen LogP contribution in [0.2, 0.25) is 0 Å². The van der Waals surface area contributed by atoms with Crippen LogP contribution in [0.3, 0.4) is 0 Å². The predicted octanol–water partition coefficient (Wildman–Crippen LogP) is 1.35. The standard InChI is InChI=1S/C9H18O3/c1-3-4-7-12-9(11)8(2)5-6-10/h8,10H,3-7H2,1-2H3. The Kier molecular flexibility index (Phi) is 6.76. The van der Waals surface area contributed by atoms with Crippen molar-refractivity contribution in [1.29, 1.82) is 0 Å². The van der Waals surface area contributed by atoms with Gasteiger partial charge in [0, 0.05) is 6.61 Å².